The van der Waals surface area contributed by atoms with Crippen molar-refractivity contribution in [2.45, 2.75) is 45.1 Å². The van der Waals surface area contributed by atoms with E-state index in [1.807, 2.05) is 6.92 Å². The van der Waals surface area contributed by atoms with Gasteiger partial charge in [0, 0.05) is 11.8 Å². The van der Waals surface area contributed by atoms with Gasteiger partial charge in [-0.2, -0.15) is 4.98 Å². The summed E-state index contributed by atoms with van der Waals surface area (Å²) >= 11 is 0. The molecule has 1 fully saturated rings. The molecule has 0 aliphatic heterocycles. The lowest BCUT2D eigenvalue weighted by atomic mass is 9.77. The lowest BCUT2D eigenvalue weighted by Crippen LogP contribution is -2.46. The number of aromatic nitrogens is 2. The van der Waals surface area contributed by atoms with Gasteiger partial charge < -0.3 is 16.2 Å². The molecule has 2 unspecified atom stereocenters. The van der Waals surface area contributed by atoms with Crippen LogP contribution in [-0.4, -0.2) is 27.2 Å². The first kappa shape index (κ1) is 13.1. The molecule has 2 rings (SSSR count). The Labute approximate surface area is 108 Å². The van der Waals surface area contributed by atoms with Gasteiger partial charge in [0.1, 0.15) is 5.82 Å². The number of nitrogen functional groups attached to an aromatic ring is 1. The fraction of sp³-hybridized carbons (Fsp3) is 0.692. The quantitative estimate of drug-likeness (QED) is 0.760. The van der Waals surface area contributed by atoms with Crippen molar-refractivity contribution in [3.63, 3.8) is 0 Å². The number of hydrogen-bond acceptors (Lipinski definition) is 5. The predicted octanol–water partition coefficient (Wildman–Crippen LogP) is 1.72. The summed E-state index contributed by atoms with van der Waals surface area (Å²) in [7, 11) is 0. The lowest BCUT2D eigenvalue weighted by molar-refractivity contribution is 0.149. The van der Waals surface area contributed by atoms with E-state index in [-0.39, 0.29) is 18.1 Å². The van der Waals surface area contributed by atoms with Gasteiger partial charge in [0.05, 0.1) is 12.1 Å². The van der Waals surface area contributed by atoms with Gasteiger partial charge in [-0.05, 0) is 25.7 Å². The van der Waals surface area contributed by atoms with Crippen LogP contribution in [0, 0.1) is 12.8 Å². The van der Waals surface area contributed by atoms with Crippen LogP contribution in [0.3, 0.4) is 0 Å². The minimum Gasteiger partial charge on any atom is -0.394 e. The zero-order valence-corrected chi connectivity index (χ0v) is 11.1. The van der Waals surface area contributed by atoms with Crippen LogP contribution in [0.2, 0.25) is 0 Å². The Balaban J connectivity index is 2.21. The highest BCUT2D eigenvalue weighted by Crippen LogP contribution is 2.34. The molecule has 0 aromatic carbocycles. The van der Waals surface area contributed by atoms with Gasteiger partial charge in [-0.15, -0.1) is 0 Å². The summed E-state index contributed by atoms with van der Waals surface area (Å²) in [5, 5.41) is 13.1. The van der Waals surface area contributed by atoms with Crippen molar-refractivity contribution in [2.75, 3.05) is 17.7 Å². The van der Waals surface area contributed by atoms with E-state index in [0.717, 1.165) is 30.6 Å². The Hall–Kier alpha value is -1.36. The molecule has 0 amide bonds. The zero-order valence-electron chi connectivity index (χ0n) is 11.1. The summed E-state index contributed by atoms with van der Waals surface area (Å²) in [6.07, 6.45) is 6.01. The summed E-state index contributed by atoms with van der Waals surface area (Å²) < 4.78 is 0. The highest BCUT2D eigenvalue weighted by atomic mass is 16.3. The molecule has 1 aromatic rings. The topological polar surface area (TPSA) is 84.1 Å². The van der Waals surface area contributed by atoms with Crippen molar-refractivity contribution in [1.82, 2.24) is 9.97 Å². The summed E-state index contributed by atoms with van der Waals surface area (Å²) in [4.78, 5) is 8.19. The minimum atomic E-state index is -0.261. The second kappa shape index (κ2) is 5.10. The minimum absolute atomic E-state index is 0.126. The first-order valence-corrected chi connectivity index (χ1v) is 6.53. The van der Waals surface area contributed by atoms with E-state index in [2.05, 4.69) is 22.2 Å². The van der Waals surface area contributed by atoms with Gasteiger partial charge >= 0.3 is 0 Å². The molecule has 0 saturated heterocycles. The van der Waals surface area contributed by atoms with Crippen LogP contribution < -0.4 is 11.1 Å². The Bertz CT molecular complexity index is 423. The van der Waals surface area contributed by atoms with E-state index in [0.29, 0.717) is 5.92 Å². The number of aryl methyl sites for hydroxylation is 1. The number of hydrogen-bond donors (Lipinski definition) is 3. The van der Waals surface area contributed by atoms with E-state index < -0.39 is 0 Å². The van der Waals surface area contributed by atoms with Crippen LogP contribution in [0.5, 0.6) is 0 Å². The van der Waals surface area contributed by atoms with E-state index in [1.165, 1.54) is 6.42 Å². The number of anilines is 2. The van der Waals surface area contributed by atoms with Crippen molar-refractivity contribution < 1.29 is 5.11 Å². The zero-order chi connectivity index (χ0) is 13.2. The molecule has 4 N–H and O–H groups in total. The maximum atomic E-state index is 9.74. The smallest absolute Gasteiger partial charge is 0.221 e. The van der Waals surface area contributed by atoms with Crippen molar-refractivity contribution >= 4 is 11.8 Å². The second-order valence-electron chi connectivity index (χ2n) is 5.52. The largest absolute Gasteiger partial charge is 0.394 e. The summed E-state index contributed by atoms with van der Waals surface area (Å²) in [6, 6.07) is 0. The van der Waals surface area contributed by atoms with Crippen LogP contribution in [0.25, 0.3) is 0 Å². The van der Waals surface area contributed by atoms with Crippen molar-refractivity contribution in [2.24, 2.45) is 5.92 Å². The monoisotopic (exact) mass is 250 g/mol. The van der Waals surface area contributed by atoms with Crippen LogP contribution in [-0.2, 0) is 0 Å². The molecule has 1 aliphatic carbocycles. The molecule has 1 aliphatic rings. The van der Waals surface area contributed by atoms with Crippen molar-refractivity contribution in [1.29, 1.82) is 0 Å². The average Bonchev–Trinajstić information content (AvgIpc) is 2.34. The molecular formula is C13H22N4O. The molecule has 18 heavy (non-hydrogen) atoms. The summed E-state index contributed by atoms with van der Waals surface area (Å²) in [6.45, 7) is 4.30. The Morgan fingerprint density at radius 1 is 1.61 bits per heavy atom. The average molecular weight is 250 g/mol. The van der Waals surface area contributed by atoms with Gasteiger partial charge in [0.15, 0.2) is 0 Å². The summed E-state index contributed by atoms with van der Waals surface area (Å²) in [5.74, 6) is 1.63. The van der Waals surface area contributed by atoms with E-state index in [9.17, 15) is 5.11 Å². The van der Waals surface area contributed by atoms with Gasteiger partial charge in [-0.25, -0.2) is 4.98 Å². The highest BCUT2D eigenvalue weighted by Gasteiger charge is 2.34. The fourth-order valence-corrected chi connectivity index (χ4v) is 2.79. The van der Waals surface area contributed by atoms with E-state index in [4.69, 9.17) is 5.73 Å². The number of rotatable bonds is 3. The molecule has 0 spiro atoms. The van der Waals surface area contributed by atoms with Gasteiger partial charge in [-0.3, -0.25) is 0 Å². The fourth-order valence-electron chi connectivity index (χ4n) is 2.79. The number of nitrogens with zero attached hydrogens (tertiary/aromatic N) is 2. The first-order chi connectivity index (χ1) is 8.54. The SMILES string of the molecule is Cc1cnc(N)nc1NC1(CO)CCCC(C)C1. The number of aliphatic hydroxyl groups excluding tert-OH is 1. The van der Waals surface area contributed by atoms with Gasteiger partial charge in [-0.1, -0.05) is 19.8 Å². The predicted molar refractivity (Wildman–Crippen MR) is 72.3 cm³/mol. The van der Waals surface area contributed by atoms with Gasteiger partial charge in [0.25, 0.3) is 0 Å². The molecule has 5 heteroatoms. The molecule has 0 bridgehead atoms. The normalized spacial score (nSPS) is 28.1. The molecule has 0 radical (unpaired) electrons. The number of aliphatic hydroxyl groups is 1. The van der Waals surface area contributed by atoms with Crippen LogP contribution in [0.4, 0.5) is 11.8 Å². The molecule has 1 heterocycles. The number of nitrogens with two attached hydrogens (primary N) is 1. The van der Waals surface area contributed by atoms with Crippen LogP contribution >= 0.6 is 0 Å². The Morgan fingerprint density at radius 3 is 3.06 bits per heavy atom. The molecule has 2 atom stereocenters. The number of nitrogens with one attached hydrogen (secondary N) is 1. The second-order valence-corrected chi connectivity index (χ2v) is 5.52. The summed E-state index contributed by atoms with van der Waals surface area (Å²) in [5.41, 5.74) is 6.31. The van der Waals surface area contributed by atoms with Crippen molar-refractivity contribution in [3.05, 3.63) is 11.8 Å². The third kappa shape index (κ3) is 2.72. The molecule has 100 valence electrons. The van der Waals surface area contributed by atoms with Crippen molar-refractivity contribution in [3.8, 4) is 0 Å². The third-order valence-corrected chi connectivity index (χ3v) is 3.77. The van der Waals surface area contributed by atoms with Gasteiger partial charge in [0.2, 0.25) is 5.95 Å². The molecule has 5 nitrogen and oxygen atoms in total. The highest BCUT2D eigenvalue weighted by molar-refractivity contribution is 5.47. The Morgan fingerprint density at radius 2 is 2.39 bits per heavy atom. The standard InChI is InChI=1S/C13H22N4O/c1-9-4-3-5-13(6-9,8-18)17-11-10(2)7-15-12(14)16-11/h7,9,18H,3-6,8H2,1-2H3,(H3,14,15,16,17). The van der Waals surface area contributed by atoms with E-state index >= 15 is 0 Å². The Kier molecular flexibility index (Phi) is 3.71. The maximum Gasteiger partial charge on any atom is 0.221 e. The molecule has 1 aromatic heterocycles. The van der Waals surface area contributed by atoms with E-state index in [1.54, 1.807) is 6.20 Å². The van der Waals surface area contributed by atoms with Crippen LogP contribution in [0.1, 0.15) is 38.2 Å². The molecular weight excluding hydrogens is 228 g/mol. The first-order valence-electron chi connectivity index (χ1n) is 6.53. The van der Waals surface area contributed by atoms with Crippen LogP contribution in [0.15, 0.2) is 6.20 Å². The third-order valence-electron chi connectivity index (χ3n) is 3.77. The molecule has 1 saturated carbocycles. The lowest BCUT2D eigenvalue weighted by Gasteiger charge is -2.40. The maximum absolute atomic E-state index is 9.74.